The molecule has 0 aromatic heterocycles. The van der Waals surface area contributed by atoms with Gasteiger partial charge in [0.25, 0.3) is 20.2 Å². The van der Waals surface area contributed by atoms with Crippen molar-refractivity contribution >= 4 is 26.2 Å². The quantitative estimate of drug-likeness (QED) is 0.106. The summed E-state index contributed by atoms with van der Waals surface area (Å²) in [6, 6.07) is 0. The van der Waals surface area contributed by atoms with Gasteiger partial charge in [-0.1, -0.05) is 45.3 Å². The molecule has 0 aromatic carbocycles. The molecule has 4 rings (SSSR count). The number of rotatable bonds is 11. The maximum absolute atomic E-state index is 12.6. The molecule has 0 heterocycles. The molecule has 0 radical (unpaired) electrons. The van der Waals surface area contributed by atoms with Crippen LogP contribution in [0, 0.1) is 45.8 Å². The lowest BCUT2D eigenvalue weighted by Crippen LogP contribution is -2.50. The summed E-state index contributed by atoms with van der Waals surface area (Å²) in [5, 5.41) is 0. The van der Waals surface area contributed by atoms with Crippen molar-refractivity contribution < 1.29 is 34.7 Å². The van der Waals surface area contributed by atoms with Gasteiger partial charge in [0.05, 0.1) is 30.6 Å². The first-order valence-corrected chi connectivity index (χ1v) is 20.0. The molecule has 10 heteroatoms. The van der Waals surface area contributed by atoms with Crippen molar-refractivity contribution in [2.45, 2.75) is 124 Å². The van der Waals surface area contributed by atoms with Crippen LogP contribution in [0.3, 0.4) is 0 Å². The predicted molar refractivity (Wildman–Crippen MR) is 168 cm³/mol. The van der Waals surface area contributed by atoms with E-state index >= 15 is 0 Å². The summed E-state index contributed by atoms with van der Waals surface area (Å²) in [7, 11) is -7.03. The van der Waals surface area contributed by atoms with Crippen molar-refractivity contribution in [2.24, 2.45) is 45.8 Å². The van der Waals surface area contributed by atoms with Crippen LogP contribution in [0.2, 0.25) is 0 Å². The van der Waals surface area contributed by atoms with Crippen molar-refractivity contribution in [1.29, 1.82) is 0 Å². The van der Waals surface area contributed by atoms with E-state index in [4.69, 9.17) is 13.1 Å². The highest BCUT2D eigenvalue weighted by atomic mass is 32.2. The van der Waals surface area contributed by atoms with E-state index in [2.05, 4.69) is 19.9 Å². The fraction of sp³-hybridized carbons (Fsp3) is 0.909. The summed E-state index contributed by atoms with van der Waals surface area (Å²) in [5.74, 6) is 1.60. The Balaban J connectivity index is 1.46. The molecular formula is C33H56O8S2. The molecule has 0 spiro atoms. The summed E-state index contributed by atoms with van der Waals surface area (Å²) >= 11 is 0. The van der Waals surface area contributed by atoms with E-state index in [0.29, 0.717) is 17.8 Å². The van der Waals surface area contributed by atoms with Gasteiger partial charge in [-0.15, -0.1) is 0 Å². The van der Waals surface area contributed by atoms with Gasteiger partial charge in [-0.2, -0.15) is 16.8 Å². The van der Waals surface area contributed by atoms with Gasteiger partial charge in [0.15, 0.2) is 0 Å². The van der Waals surface area contributed by atoms with Crippen LogP contribution in [-0.2, 0) is 38.1 Å². The Morgan fingerprint density at radius 2 is 1.72 bits per heavy atom. The molecule has 4 aliphatic rings. The average Bonchev–Trinajstić information content (AvgIpc) is 3.14. The normalized spacial score (nSPS) is 37.1. The molecule has 8 nitrogen and oxygen atoms in total. The van der Waals surface area contributed by atoms with Crippen molar-refractivity contribution in [1.82, 2.24) is 0 Å². The van der Waals surface area contributed by atoms with E-state index in [0.717, 1.165) is 76.9 Å². The van der Waals surface area contributed by atoms with Crippen LogP contribution in [-0.4, -0.2) is 54.1 Å². The van der Waals surface area contributed by atoms with E-state index in [9.17, 15) is 21.6 Å². The van der Waals surface area contributed by atoms with Crippen LogP contribution in [0.4, 0.5) is 0 Å². The second-order valence-corrected chi connectivity index (χ2v) is 19.1. The number of ether oxygens (including phenoxy) is 1. The zero-order valence-electron chi connectivity index (χ0n) is 27.7. The van der Waals surface area contributed by atoms with Gasteiger partial charge < -0.3 is 4.74 Å². The van der Waals surface area contributed by atoms with Crippen molar-refractivity contribution in [3.05, 3.63) is 11.6 Å². The lowest BCUT2D eigenvalue weighted by atomic mass is 9.47. The number of carbonyl (C=O) groups is 1. The SMILES string of the molecule is CC(CCCCC1C(OS(C)(=O)=O)CC2C3CC=C4CC(OC(=O)C(C)(C)C)CCC4(C)C3CCC12C)COS(C)(=O)=O. The summed E-state index contributed by atoms with van der Waals surface area (Å²) in [6.45, 7) is 12.7. The summed E-state index contributed by atoms with van der Waals surface area (Å²) in [5.41, 5.74) is 1.05. The Hall–Kier alpha value is -0.970. The first kappa shape index (κ1) is 34.9. The highest BCUT2D eigenvalue weighted by Gasteiger charge is 2.61. The Labute approximate surface area is 261 Å². The molecule has 0 aromatic rings. The van der Waals surface area contributed by atoms with Gasteiger partial charge in [0.1, 0.15) is 6.10 Å². The minimum atomic E-state index is -3.59. The van der Waals surface area contributed by atoms with Crippen molar-refractivity contribution in [2.75, 3.05) is 19.1 Å². The van der Waals surface area contributed by atoms with Crippen LogP contribution in [0.15, 0.2) is 11.6 Å². The van der Waals surface area contributed by atoms with Crippen LogP contribution >= 0.6 is 0 Å². The summed E-state index contributed by atoms with van der Waals surface area (Å²) < 4.78 is 64.2. The Kier molecular flexibility index (Phi) is 10.3. The third-order valence-corrected chi connectivity index (χ3v) is 12.7. The lowest BCUT2D eigenvalue weighted by Gasteiger charge is -2.58. The smallest absolute Gasteiger partial charge is 0.311 e. The fourth-order valence-electron chi connectivity index (χ4n) is 9.17. The Morgan fingerprint density at radius 1 is 1.02 bits per heavy atom. The third-order valence-electron chi connectivity index (χ3n) is 11.5. The number of carbonyl (C=O) groups excluding carboxylic acids is 1. The largest absolute Gasteiger partial charge is 0.462 e. The van der Waals surface area contributed by atoms with Gasteiger partial charge in [-0.05, 0) is 113 Å². The Morgan fingerprint density at radius 3 is 2.35 bits per heavy atom. The van der Waals surface area contributed by atoms with Gasteiger partial charge in [0, 0.05) is 6.42 Å². The molecule has 0 bridgehead atoms. The van der Waals surface area contributed by atoms with Crippen LogP contribution < -0.4 is 0 Å². The molecular weight excluding hydrogens is 588 g/mol. The minimum absolute atomic E-state index is 0.0166. The zero-order valence-corrected chi connectivity index (χ0v) is 29.3. The van der Waals surface area contributed by atoms with Gasteiger partial charge in [-0.3, -0.25) is 13.2 Å². The molecule has 0 amide bonds. The molecule has 3 fully saturated rings. The van der Waals surface area contributed by atoms with Crippen molar-refractivity contribution in [3.63, 3.8) is 0 Å². The molecule has 248 valence electrons. The van der Waals surface area contributed by atoms with Gasteiger partial charge in [0.2, 0.25) is 0 Å². The maximum atomic E-state index is 12.6. The van der Waals surface area contributed by atoms with Gasteiger partial charge >= 0.3 is 5.97 Å². The maximum Gasteiger partial charge on any atom is 0.311 e. The lowest BCUT2D eigenvalue weighted by molar-refractivity contribution is -0.161. The molecule has 0 aliphatic heterocycles. The molecule has 3 saturated carbocycles. The third kappa shape index (κ3) is 8.07. The summed E-state index contributed by atoms with van der Waals surface area (Å²) in [4.78, 5) is 12.6. The highest BCUT2D eigenvalue weighted by molar-refractivity contribution is 7.86. The van der Waals surface area contributed by atoms with E-state index in [-0.39, 0.29) is 47.4 Å². The average molecular weight is 645 g/mol. The minimum Gasteiger partial charge on any atom is -0.462 e. The van der Waals surface area contributed by atoms with E-state index in [1.807, 2.05) is 27.7 Å². The standard InChI is InChI=1S/C33H56O8S2/c1-22(21-39-42(7,35)36)11-9-10-12-27-29(41-43(8,37)38)20-28-25-14-13-23-19-24(40-30(34)31(2,3)4)15-17-32(23,5)26(25)16-18-33(27,28)6/h13,22,24-29H,9-12,14-21H2,1-8H3. The van der Waals surface area contributed by atoms with Crippen molar-refractivity contribution in [3.8, 4) is 0 Å². The topological polar surface area (TPSA) is 113 Å². The number of allylic oxidation sites excluding steroid dienone is 1. The van der Waals surface area contributed by atoms with Crippen LogP contribution in [0.5, 0.6) is 0 Å². The number of hydrogen-bond donors (Lipinski definition) is 0. The first-order valence-electron chi connectivity index (χ1n) is 16.4. The second-order valence-electron chi connectivity index (χ2n) is 15.9. The van der Waals surface area contributed by atoms with Crippen LogP contribution in [0.25, 0.3) is 0 Å². The molecule has 9 atom stereocenters. The van der Waals surface area contributed by atoms with E-state index in [1.165, 1.54) is 11.8 Å². The fourth-order valence-corrected chi connectivity index (χ4v) is 10.3. The predicted octanol–water partition coefficient (Wildman–Crippen LogP) is 6.65. The molecule has 0 saturated heterocycles. The molecule has 43 heavy (non-hydrogen) atoms. The first-order chi connectivity index (χ1) is 19.7. The number of fused-ring (bicyclic) bond motifs is 5. The second kappa shape index (κ2) is 12.7. The molecule has 9 unspecified atom stereocenters. The number of hydrogen-bond acceptors (Lipinski definition) is 8. The van der Waals surface area contributed by atoms with Crippen LogP contribution in [0.1, 0.15) is 112 Å². The molecule has 0 N–H and O–H groups in total. The van der Waals surface area contributed by atoms with E-state index in [1.54, 1.807) is 0 Å². The number of esters is 1. The Bertz CT molecular complexity index is 1270. The highest BCUT2D eigenvalue weighted by Crippen LogP contribution is 2.67. The monoisotopic (exact) mass is 644 g/mol. The molecule has 4 aliphatic carbocycles. The number of unbranched alkanes of at least 4 members (excludes halogenated alkanes) is 1. The summed E-state index contributed by atoms with van der Waals surface area (Å²) in [6.07, 6.45) is 14.7. The van der Waals surface area contributed by atoms with Gasteiger partial charge in [-0.25, -0.2) is 0 Å². The zero-order chi connectivity index (χ0) is 32.0. The van der Waals surface area contributed by atoms with E-state index < -0.39 is 25.7 Å².